The zero-order chi connectivity index (χ0) is 15.6. The third-order valence-electron chi connectivity index (χ3n) is 5.47. The Morgan fingerprint density at radius 1 is 1.14 bits per heavy atom. The van der Waals surface area contributed by atoms with Crippen LogP contribution >= 0.6 is 0 Å². The molecule has 0 unspecified atom stereocenters. The minimum atomic E-state index is -0.313. The van der Waals surface area contributed by atoms with Crippen molar-refractivity contribution in [3.63, 3.8) is 0 Å². The van der Waals surface area contributed by atoms with Gasteiger partial charge in [0.15, 0.2) is 0 Å². The van der Waals surface area contributed by atoms with Crippen LogP contribution in [-0.2, 0) is 0 Å². The first-order valence-corrected chi connectivity index (χ1v) is 8.53. The number of hydrogen-bond acceptors (Lipinski definition) is 1. The lowest BCUT2D eigenvalue weighted by Crippen LogP contribution is -2.25. The van der Waals surface area contributed by atoms with E-state index in [-0.39, 0.29) is 6.10 Å². The summed E-state index contributed by atoms with van der Waals surface area (Å²) in [4.78, 5) is 0. The molecule has 0 fully saturated rings. The maximum absolute atomic E-state index is 10.1. The van der Waals surface area contributed by atoms with Crippen molar-refractivity contribution in [2.24, 2.45) is 17.3 Å². The van der Waals surface area contributed by atoms with Gasteiger partial charge in [0, 0.05) is 0 Å². The molecule has 1 heteroatoms. The molecule has 0 bridgehead atoms. The number of allylic oxidation sites excluding steroid dienone is 4. The predicted octanol–water partition coefficient (Wildman–Crippen LogP) is 5.42. The molecule has 0 aromatic rings. The Hall–Kier alpha value is -0.820. The molecule has 2 aliphatic carbocycles. The summed E-state index contributed by atoms with van der Waals surface area (Å²) >= 11 is 0. The number of fused-ring (bicyclic) bond motifs is 1. The monoisotopic (exact) mass is 288 g/mol. The number of aliphatic hydroxyl groups excluding tert-OH is 1. The van der Waals surface area contributed by atoms with E-state index in [1.165, 1.54) is 24.0 Å². The minimum absolute atomic E-state index is 0.313. The summed E-state index contributed by atoms with van der Waals surface area (Å²) in [5.41, 5.74) is 4.70. The largest absolute Gasteiger partial charge is 0.389 e. The molecule has 1 nitrogen and oxygen atoms in total. The average Bonchev–Trinajstić information content (AvgIpc) is 2.70. The lowest BCUT2D eigenvalue weighted by Gasteiger charge is -2.34. The first-order valence-electron chi connectivity index (χ1n) is 8.53. The molecular formula is C20H32O. The van der Waals surface area contributed by atoms with Gasteiger partial charge in [-0.3, -0.25) is 0 Å². The van der Waals surface area contributed by atoms with Gasteiger partial charge in [-0.25, -0.2) is 0 Å². The Morgan fingerprint density at radius 3 is 2.48 bits per heavy atom. The molecular weight excluding hydrogens is 256 g/mol. The third-order valence-corrected chi connectivity index (χ3v) is 5.47. The molecule has 1 N–H and O–H groups in total. The molecule has 0 amide bonds. The fourth-order valence-electron chi connectivity index (χ4n) is 4.08. The van der Waals surface area contributed by atoms with E-state index in [1.807, 2.05) is 0 Å². The van der Waals surface area contributed by atoms with E-state index >= 15 is 0 Å². The van der Waals surface area contributed by atoms with E-state index in [1.54, 1.807) is 5.57 Å². The van der Waals surface area contributed by atoms with Gasteiger partial charge in [-0.1, -0.05) is 55.7 Å². The maximum atomic E-state index is 10.1. The van der Waals surface area contributed by atoms with E-state index in [9.17, 15) is 5.11 Å². The first-order chi connectivity index (χ1) is 9.82. The van der Waals surface area contributed by atoms with Gasteiger partial charge in [0.05, 0.1) is 6.10 Å². The molecule has 21 heavy (non-hydrogen) atoms. The number of rotatable bonds is 1. The Labute approximate surface area is 130 Å². The van der Waals surface area contributed by atoms with Crippen molar-refractivity contribution >= 4 is 0 Å². The van der Waals surface area contributed by atoms with Crippen molar-refractivity contribution in [3.8, 4) is 0 Å². The van der Waals surface area contributed by atoms with Gasteiger partial charge in [-0.2, -0.15) is 0 Å². The molecule has 0 heterocycles. The van der Waals surface area contributed by atoms with Gasteiger partial charge in [0.2, 0.25) is 0 Å². The fraction of sp³-hybridized carbons (Fsp3) is 0.700. The van der Waals surface area contributed by atoms with Crippen LogP contribution in [-0.4, -0.2) is 11.2 Å². The number of aliphatic hydroxyl groups is 1. The van der Waals surface area contributed by atoms with Crippen molar-refractivity contribution in [3.05, 3.63) is 34.9 Å². The van der Waals surface area contributed by atoms with Crippen LogP contribution in [0.25, 0.3) is 0 Å². The number of hydrogen-bond donors (Lipinski definition) is 1. The van der Waals surface area contributed by atoms with Crippen LogP contribution in [0.5, 0.6) is 0 Å². The van der Waals surface area contributed by atoms with Gasteiger partial charge in [-0.15, -0.1) is 0 Å². The molecule has 0 aromatic heterocycles. The van der Waals surface area contributed by atoms with Crippen molar-refractivity contribution in [2.45, 2.75) is 72.8 Å². The molecule has 0 aliphatic heterocycles. The zero-order valence-corrected chi connectivity index (χ0v) is 14.4. The Kier molecular flexibility index (Phi) is 5.14. The van der Waals surface area contributed by atoms with Gasteiger partial charge in [0.25, 0.3) is 0 Å². The summed E-state index contributed by atoms with van der Waals surface area (Å²) in [5, 5.41) is 10.1. The molecule has 0 aromatic carbocycles. The van der Waals surface area contributed by atoms with Crippen molar-refractivity contribution < 1.29 is 5.11 Å². The lowest BCUT2D eigenvalue weighted by molar-refractivity contribution is 0.222. The molecule has 0 radical (unpaired) electrons. The molecule has 0 saturated carbocycles. The van der Waals surface area contributed by atoms with Gasteiger partial charge < -0.3 is 5.11 Å². The highest BCUT2D eigenvalue weighted by atomic mass is 16.3. The average molecular weight is 288 g/mol. The Balaban J connectivity index is 2.29. The molecule has 3 atom stereocenters. The molecule has 2 rings (SSSR count). The SMILES string of the molecule is C/C1=C/[C@@H](O)C/C(C)=C\C[C@]2(C)CC=C(C(C)C)[C@H]2CC1. The van der Waals surface area contributed by atoms with Crippen LogP contribution in [0, 0.1) is 17.3 Å². The Morgan fingerprint density at radius 2 is 1.81 bits per heavy atom. The second kappa shape index (κ2) is 6.52. The third kappa shape index (κ3) is 3.88. The van der Waals surface area contributed by atoms with E-state index in [4.69, 9.17) is 0 Å². The highest BCUT2D eigenvalue weighted by Crippen LogP contribution is 2.50. The summed E-state index contributed by atoms with van der Waals surface area (Å²) in [6.07, 6.45) is 12.1. The standard InChI is InChI=1S/C20H32O/c1-14(2)18-9-11-20(5)10-8-16(4)13-17(21)12-15(3)6-7-19(18)20/h8-9,12,14,17,19,21H,6-7,10-11,13H2,1-5H3/b15-12-,16-8-/t17-,19-,20-/m1/s1. The van der Waals surface area contributed by atoms with E-state index < -0.39 is 0 Å². The lowest BCUT2D eigenvalue weighted by atomic mass is 9.70. The predicted molar refractivity (Wildman–Crippen MR) is 91.1 cm³/mol. The van der Waals surface area contributed by atoms with Crippen LogP contribution in [0.3, 0.4) is 0 Å². The van der Waals surface area contributed by atoms with Crippen molar-refractivity contribution in [1.82, 2.24) is 0 Å². The minimum Gasteiger partial charge on any atom is -0.389 e. The van der Waals surface area contributed by atoms with Crippen molar-refractivity contribution in [1.29, 1.82) is 0 Å². The topological polar surface area (TPSA) is 20.2 Å². The summed E-state index contributed by atoms with van der Waals surface area (Å²) in [6, 6.07) is 0. The van der Waals surface area contributed by atoms with E-state index in [0.717, 1.165) is 19.3 Å². The fourth-order valence-corrected chi connectivity index (χ4v) is 4.08. The first kappa shape index (κ1) is 16.5. The van der Waals surface area contributed by atoms with Crippen LogP contribution in [0.1, 0.15) is 66.7 Å². The zero-order valence-electron chi connectivity index (χ0n) is 14.4. The molecule has 0 spiro atoms. The van der Waals surface area contributed by atoms with Gasteiger partial charge in [-0.05, 0) is 63.2 Å². The summed E-state index contributed by atoms with van der Waals surface area (Å²) in [6.45, 7) is 11.5. The molecule has 0 saturated heterocycles. The van der Waals surface area contributed by atoms with E-state index in [0.29, 0.717) is 17.3 Å². The second-order valence-electron chi connectivity index (χ2n) is 7.85. The van der Waals surface area contributed by atoms with Crippen LogP contribution in [0.4, 0.5) is 0 Å². The van der Waals surface area contributed by atoms with Gasteiger partial charge >= 0.3 is 0 Å². The quantitative estimate of drug-likeness (QED) is 0.638. The maximum Gasteiger partial charge on any atom is 0.0760 e. The van der Waals surface area contributed by atoms with E-state index in [2.05, 4.69) is 52.8 Å². The second-order valence-corrected chi connectivity index (χ2v) is 7.85. The molecule has 2 aliphatic rings. The molecule has 118 valence electrons. The normalized spacial score (nSPS) is 39.7. The van der Waals surface area contributed by atoms with Gasteiger partial charge in [0.1, 0.15) is 0 Å². The van der Waals surface area contributed by atoms with Crippen LogP contribution < -0.4 is 0 Å². The Bertz CT molecular complexity index is 466. The smallest absolute Gasteiger partial charge is 0.0760 e. The highest BCUT2D eigenvalue weighted by molar-refractivity contribution is 5.23. The highest BCUT2D eigenvalue weighted by Gasteiger charge is 2.39. The van der Waals surface area contributed by atoms with Crippen molar-refractivity contribution in [2.75, 3.05) is 0 Å². The summed E-state index contributed by atoms with van der Waals surface area (Å²) < 4.78 is 0. The van der Waals surface area contributed by atoms with Crippen LogP contribution in [0.15, 0.2) is 34.9 Å². The summed E-state index contributed by atoms with van der Waals surface area (Å²) in [7, 11) is 0. The van der Waals surface area contributed by atoms with Crippen LogP contribution in [0.2, 0.25) is 0 Å². The summed E-state index contributed by atoms with van der Waals surface area (Å²) in [5.74, 6) is 1.35.